The van der Waals surface area contributed by atoms with E-state index in [0.717, 1.165) is 39.6 Å². The van der Waals surface area contributed by atoms with Crippen LogP contribution in [0.3, 0.4) is 0 Å². The molecule has 25 heavy (non-hydrogen) atoms. The van der Waals surface area contributed by atoms with Gasteiger partial charge in [-0.05, 0) is 18.4 Å². The summed E-state index contributed by atoms with van der Waals surface area (Å²) in [6, 6.07) is 11.9. The first kappa shape index (κ1) is 15.8. The summed E-state index contributed by atoms with van der Waals surface area (Å²) in [5.74, 6) is 3.07. The Hall–Kier alpha value is -2.73. The second-order valence-corrected chi connectivity index (χ2v) is 6.67. The second kappa shape index (κ2) is 6.64. The number of aryl methyl sites for hydroxylation is 1. The highest BCUT2D eigenvalue weighted by atomic mass is 32.1. The van der Waals surface area contributed by atoms with Crippen molar-refractivity contribution in [1.29, 1.82) is 0 Å². The van der Waals surface area contributed by atoms with Crippen LogP contribution < -0.4 is 5.32 Å². The minimum Gasteiger partial charge on any atom is -0.438 e. The van der Waals surface area contributed by atoms with Gasteiger partial charge in [0, 0.05) is 12.0 Å². The van der Waals surface area contributed by atoms with Gasteiger partial charge in [0.15, 0.2) is 5.76 Å². The molecular weight excluding hydrogens is 332 g/mol. The van der Waals surface area contributed by atoms with Crippen molar-refractivity contribution in [2.24, 2.45) is 0 Å². The number of hydrogen-bond acceptors (Lipinski definition) is 6. The van der Waals surface area contributed by atoms with Crippen molar-refractivity contribution in [2.75, 3.05) is 5.32 Å². The highest BCUT2D eigenvalue weighted by molar-refractivity contribution is 7.16. The van der Waals surface area contributed by atoms with Crippen molar-refractivity contribution in [3.63, 3.8) is 0 Å². The third-order valence-corrected chi connectivity index (χ3v) is 4.80. The number of thiophene rings is 1. The van der Waals surface area contributed by atoms with Crippen LogP contribution in [0, 0.1) is 0 Å². The Labute approximate surface area is 149 Å². The van der Waals surface area contributed by atoms with Gasteiger partial charge in [-0.25, -0.2) is 15.0 Å². The molecular formula is C19H18N4OS. The van der Waals surface area contributed by atoms with Gasteiger partial charge in [0.25, 0.3) is 0 Å². The van der Waals surface area contributed by atoms with Gasteiger partial charge in [-0.15, -0.1) is 11.3 Å². The number of aromatic nitrogens is 3. The van der Waals surface area contributed by atoms with Crippen molar-refractivity contribution < 1.29 is 4.42 Å². The molecule has 0 saturated heterocycles. The quantitative estimate of drug-likeness (QED) is 0.543. The van der Waals surface area contributed by atoms with Gasteiger partial charge in [0.2, 0.25) is 5.89 Å². The molecule has 0 radical (unpaired) electrons. The van der Waals surface area contributed by atoms with E-state index in [-0.39, 0.29) is 6.04 Å². The van der Waals surface area contributed by atoms with Gasteiger partial charge in [-0.3, -0.25) is 0 Å². The molecule has 0 bridgehead atoms. The molecule has 1 aromatic carbocycles. The fraction of sp³-hybridized carbons (Fsp3) is 0.211. The van der Waals surface area contributed by atoms with Crippen molar-refractivity contribution in [3.05, 3.63) is 59.7 Å². The third kappa shape index (κ3) is 3.13. The molecule has 0 amide bonds. The maximum atomic E-state index is 5.94. The Morgan fingerprint density at radius 1 is 1.16 bits per heavy atom. The Bertz CT molecular complexity index is 993. The van der Waals surface area contributed by atoms with Gasteiger partial charge < -0.3 is 9.73 Å². The van der Waals surface area contributed by atoms with Crippen LogP contribution >= 0.6 is 11.3 Å². The minimum absolute atomic E-state index is 0.0971. The number of nitrogens with one attached hydrogen (secondary N) is 1. The molecule has 1 unspecified atom stereocenters. The first-order chi connectivity index (χ1) is 12.2. The van der Waals surface area contributed by atoms with E-state index in [9.17, 15) is 0 Å². The summed E-state index contributed by atoms with van der Waals surface area (Å²) in [4.78, 5) is 14.6. The molecule has 0 aliphatic carbocycles. The van der Waals surface area contributed by atoms with E-state index in [4.69, 9.17) is 4.42 Å². The summed E-state index contributed by atoms with van der Waals surface area (Å²) >= 11 is 1.63. The number of oxazole rings is 1. The lowest BCUT2D eigenvalue weighted by Crippen LogP contribution is -2.10. The van der Waals surface area contributed by atoms with E-state index in [2.05, 4.69) is 27.2 Å². The summed E-state index contributed by atoms with van der Waals surface area (Å²) in [6.45, 7) is 4.08. The standard InChI is InChI=1S/C19H18N4OS/c1-3-16-22-17(14-9-10-25-19(14)23-16)21-12(2)18-20-11-15(24-18)13-7-5-4-6-8-13/h4-12H,3H2,1-2H3,(H,21,22,23). The lowest BCUT2D eigenvalue weighted by Gasteiger charge is -2.12. The highest BCUT2D eigenvalue weighted by Gasteiger charge is 2.16. The van der Waals surface area contributed by atoms with Crippen molar-refractivity contribution in [3.8, 4) is 11.3 Å². The zero-order valence-corrected chi connectivity index (χ0v) is 14.9. The van der Waals surface area contributed by atoms with Crippen LogP contribution in [0.2, 0.25) is 0 Å². The molecule has 0 aliphatic heterocycles. The Morgan fingerprint density at radius 3 is 2.80 bits per heavy atom. The van der Waals surface area contributed by atoms with Crippen LogP contribution in [-0.4, -0.2) is 15.0 Å². The summed E-state index contributed by atoms with van der Waals surface area (Å²) in [5.41, 5.74) is 1.02. The number of benzene rings is 1. The van der Waals surface area contributed by atoms with E-state index < -0.39 is 0 Å². The fourth-order valence-electron chi connectivity index (χ4n) is 2.66. The monoisotopic (exact) mass is 350 g/mol. The van der Waals surface area contributed by atoms with Crippen LogP contribution in [0.25, 0.3) is 21.5 Å². The summed E-state index contributed by atoms with van der Waals surface area (Å²) in [7, 11) is 0. The largest absolute Gasteiger partial charge is 0.438 e. The van der Waals surface area contributed by atoms with Crippen LogP contribution in [0.5, 0.6) is 0 Å². The van der Waals surface area contributed by atoms with Gasteiger partial charge in [-0.1, -0.05) is 37.3 Å². The molecule has 3 heterocycles. The fourth-order valence-corrected chi connectivity index (χ4v) is 3.44. The molecule has 6 heteroatoms. The second-order valence-electron chi connectivity index (χ2n) is 5.78. The van der Waals surface area contributed by atoms with Crippen molar-refractivity contribution in [2.45, 2.75) is 26.3 Å². The van der Waals surface area contributed by atoms with Crippen LogP contribution in [0.15, 0.2) is 52.4 Å². The van der Waals surface area contributed by atoms with E-state index in [1.54, 1.807) is 17.5 Å². The predicted molar refractivity (Wildman–Crippen MR) is 101 cm³/mol. The summed E-state index contributed by atoms with van der Waals surface area (Å²) in [5, 5.41) is 6.49. The van der Waals surface area contributed by atoms with E-state index in [1.807, 2.05) is 48.7 Å². The zero-order valence-electron chi connectivity index (χ0n) is 14.1. The van der Waals surface area contributed by atoms with Gasteiger partial charge in [-0.2, -0.15) is 0 Å². The van der Waals surface area contributed by atoms with Crippen LogP contribution in [-0.2, 0) is 6.42 Å². The Morgan fingerprint density at radius 2 is 2.00 bits per heavy atom. The minimum atomic E-state index is -0.0971. The summed E-state index contributed by atoms with van der Waals surface area (Å²) < 4.78 is 5.94. The molecule has 4 aromatic rings. The Kier molecular flexibility index (Phi) is 4.19. The predicted octanol–water partition coefficient (Wildman–Crippen LogP) is 5.08. The van der Waals surface area contributed by atoms with E-state index in [0.29, 0.717) is 5.89 Å². The molecule has 0 saturated carbocycles. The average Bonchev–Trinajstić information content (AvgIpc) is 3.32. The van der Waals surface area contributed by atoms with Crippen LogP contribution in [0.4, 0.5) is 5.82 Å². The SMILES string of the molecule is CCc1nc(NC(C)c2ncc(-c3ccccc3)o2)c2ccsc2n1. The molecule has 0 spiro atoms. The molecule has 5 nitrogen and oxygen atoms in total. The zero-order chi connectivity index (χ0) is 17.2. The third-order valence-electron chi connectivity index (χ3n) is 3.99. The van der Waals surface area contributed by atoms with Gasteiger partial charge >= 0.3 is 0 Å². The maximum Gasteiger partial charge on any atom is 0.217 e. The first-order valence-electron chi connectivity index (χ1n) is 8.26. The molecule has 3 aromatic heterocycles. The normalized spacial score (nSPS) is 12.4. The summed E-state index contributed by atoms with van der Waals surface area (Å²) in [6.07, 6.45) is 2.56. The van der Waals surface area contributed by atoms with Crippen molar-refractivity contribution >= 4 is 27.4 Å². The van der Waals surface area contributed by atoms with Gasteiger partial charge in [0.1, 0.15) is 22.5 Å². The number of anilines is 1. The molecule has 4 rings (SSSR count). The molecule has 126 valence electrons. The average molecular weight is 350 g/mol. The Balaban J connectivity index is 1.61. The number of hydrogen-bond donors (Lipinski definition) is 1. The van der Waals surface area contributed by atoms with Gasteiger partial charge in [0.05, 0.1) is 11.6 Å². The van der Waals surface area contributed by atoms with E-state index >= 15 is 0 Å². The lowest BCUT2D eigenvalue weighted by atomic mass is 10.2. The smallest absolute Gasteiger partial charge is 0.217 e. The van der Waals surface area contributed by atoms with Crippen molar-refractivity contribution in [1.82, 2.24) is 15.0 Å². The first-order valence-corrected chi connectivity index (χ1v) is 9.14. The molecule has 0 fully saturated rings. The van der Waals surface area contributed by atoms with E-state index in [1.165, 1.54) is 0 Å². The number of fused-ring (bicyclic) bond motifs is 1. The maximum absolute atomic E-state index is 5.94. The molecule has 1 atom stereocenters. The lowest BCUT2D eigenvalue weighted by molar-refractivity contribution is 0.485. The number of rotatable bonds is 5. The molecule has 0 aliphatic rings. The van der Waals surface area contributed by atoms with Crippen LogP contribution in [0.1, 0.15) is 31.6 Å². The number of nitrogens with zero attached hydrogens (tertiary/aromatic N) is 3. The molecule has 1 N–H and O–H groups in total. The highest BCUT2D eigenvalue weighted by Crippen LogP contribution is 2.29. The topological polar surface area (TPSA) is 63.8 Å².